The van der Waals surface area contributed by atoms with Crippen LogP contribution in [0.5, 0.6) is 5.75 Å². The normalized spacial score (nSPS) is 27.5. The molecule has 150 valence electrons. The second-order valence-electron chi connectivity index (χ2n) is 8.33. The smallest absolute Gasteiger partial charge is 0.128 e. The van der Waals surface area contributed by atoms with Crippen molar-refractivity contribution in [1.82, 2.24) is 14.9 Å². The van der Waals surface area contributed by atoms with Gasteiger partial charge in [0.15, 0.2) is 0 Å². The average molecular weight is 382 g/mol. The molecule has 1 aliphatic carbocycles. The molecule has 2 aromatic rings. The lowest BCUT2D eigenvalue weighted by Gasteiger charge is -2.42. The first-order valence-corrected chi connectivity index (χ1v) is 10.5. The van der Waals surface area contributed by atoms with Crippen LogP contribution in [0, 0.1) is 11.8 Å². The van der Waals surface area contributed by atoms with E-state index in [2.05, 4.69) is 21.8 Å². The highest BCUT2D eigenvalue weighted by Crippen LogP contribution is 2.50. The van der Waals surface area contributed by atoms with E-state index in [1.165, 1.54) is 6.42 Å². The fourth-order valence-corrected chi connectivity index (χ4v) is 5.15. The third-order valence-electron chi connectivity index (χ3n) is 6.47. The molecule has 1 saturated heterocycles. The predicted octanol–water partition coefficient (Wildman–Crippen LogP) is 3.56. The third-order valence-corrected chi connectivity index (χ3v) is 6.47. The Morgan fingerprint density at radius 3 is 2.75 bits per heavy atom. The molecule has 1 aromatic carbocycles. The van der Waals surface area contributed by atoms with Crippen LogP contribution in [-0.2, 0) is 18.6 Å². The van der Waals surface area contributed by atoms with Crippen molar-refractivity contribution in [2.75, 3.05) is 20.2 Å². The summed E-state index contributed by atoms with van der Waals surface area (Å²) < 4.78 is 5.58. The van der Waals surface area contributed by atoms with Crippen molar-refractivity contribution in [3.05, 3.63) is 53.6 Å². The highest BCUT2D eigenvalue weighted by atomic mass is 16.5. The second-order valence-corrected chi connectivity index (χ2v) is 8.33. The fraction of sp³-hybridized carbons (Fsp3) is 0.565. The van der Waals surface area contributed by atoms with Gasteiger partial charge in [0.05, 0.1) is 12.7 Å². The molecular formula is C23H31N3O2. The van der Waals surface area contributed by atoms with Gasteiger partial charge in [-0.3, -0.25) is 4.90 Å². The molecule has 0 bridgehead atoms. The number of aliphatic hydroxyl groups is 1. The molecule has 0 amide bonds. The lowest BCUT2D eigenvalue weighted by molar-refractivity contribution is -0.0662. The van der Waals surface area contributed by atoms with Crippen molar-refractivity contribution in [2.45, 2.75) is 51.2 Å². The van der Waals surface area contributed by atoms with Gasteiger partial charge in [-0.15, -0.1) is 0 Å². The maximum Gasteiger partial charge on any atom is 0.128 e. The van der Waals surface area contributed by atoms with Crippen LogP contribution in [0.3, 0.4) is 0 Å². The number of benzene rings is 1. The molecule has 2 fully saturated rings. The highest BCUT2D eigenvalue weighted by molar-refractivity contribution is 5.39. The summed E-state index contributed by atoms with van der Waals surface area (Å²) in [5.41, 5.74) is 1.28. The minimum Gasteiger partial charge on any atom is -0.496 e. The molecule has 0 unspecified atom stereocenters. The fourth-order valence-electron chi connectivity index (χ4n) is 5.15. The summed E-state index contributed by atoms with van der Waals surface area (Å²) in [6.07, 6.45) is 8.97. The summed E-state index contributed by atoms with van der Waals surface area (Å²) in [5, 5.41) is 11.8. The van der Waals surface area contributed by atoms with Gasteiger partial charge in [-0.2, -0.15) is 0 Å². The van der Waals surface area contributed by atoms with E-state index in [1.807, 2.05) is 36.7 Å². The van der Waals surface area contributed by atoms with Crippen LogP contribution in [0.2, 0.25) is 0 Å². The first-order chi connectivity index (χ1) is 13.6. The second kappa shape index (κ2) is 8.18. The molecular weight excluding hydrogens is 350 g/mol. The summed E-state index contributed by atoms with van der Waals surface area (Å²) in [6, 6.07) is 7.96. The quantitative estimate of drug-likeness (QED) is 0.829. The summed E-state index contributed by atoms with van der Waals surface area (Å²) in [7, 11) is 1.69. The molecule has 5 heteroatoms. The number of nitrogens with zero attached hydrogens (tertiary/aromatic N) is 3. The van der Waals surface area contributed by atoms with Crippen molar-refractivity contribution in [1.29, 1.82) is 0 Å². The molecule has 28 heavy (non-hydrogen) atoms. The van der Waals surface area contributed by atoms with E-state index in [1.54, 1.807) is 7.11 Å². The van der Waals surface area contributed by atoms with Crippen LogP contribution < -0.4 is 4.74 Å². The van der Waals surface area contributed by atoms with Gasteiger partial charge in [0.1, 0.15) is 11.6 Å². The molecule has 1 N–H and O–H groups in total. The Morgan fingerprint density at radius 1 is 1.21 bits per heavy atom. The van der Waals surface area contributed by atoms with Crippen molar-refractivity contribution < 1.29 is 9.84 Å². The zero-order chi connectivity index (χ0) is 19.6. The highest BCUT2D eigenvalue weighted by Gasteiger charge is 2.50. The Hall–Kier alpha value is -1.98. The number of ether oxygens (including phenoxy) is 1. The standard InChI is InChI=1S/C23H31N3O2/c1-3-7-22-24-12-17(13-25-22)14-26-15-18-8-6-11-23(27,20(18)16-26)19-9-4-5-10-21(19)28-2/h4-5,9-10,12-13,18,20,27H,3,6-8,11,14-16H2,1-2H3/t18-,20-,23+/m0/s1. The van der Waals surface area contributed by atoms with Gasteiger partial charge in [0, 0.05) is 55.5 Å². The Bertz CT molecular complexity index is 795. The van der Waals surface area contributed by atoms with E-state index < -0.39 is 5.60 Å². The zero-order valence-corrected chi connectivity index (χ0v) is 17.0. The Morgan fingerprint density at radius 2 is 2.00 bits per heavy atom. The number of para-hydroxylation sites is 1. The van der Waals surface area contributed by atoms with Crippen LogP contribution in [0.1, 0.15) is 49.6 Å². The molecule has 2 aliphatic rings. The van der Waals surface area contributed by atoms with Gasteiger partial charge in [0.25, 0.3) is 0 Å². The number of aryl methyl sites for hydroxylation is 1. The number of aromatic nitrogens is 2. The van der Waals surface area contributed by atoms with Crippen molar-refractivity contribution >= 4 is 0 Å². The van der Waals surface area contributed by atoms with Crippen LogP contribution in [0.15, 0.2) is 36.7 Å². The summed E-state index contributed by atoms with van der Waals surface area (Å²) in [4.78, 5) is 11.5. The molecule has 1 aliphatic heterocycles. The molecule has 4 rings (SSSR count). The van der Waals surface area contributed by atoms with Crippen LogP contribution in [0.25, 0.3) is 0 Å². The summed E-state index contributed by atoms with van der Waals surface area (Å²) in [6.45, 7) is 4.92. The van der Waals surface area contributed by atoms with Crippen LogP contribution in [0.4, 0.5) is 0 Å². The van der Waals surface area contributed by atoms with Crippen molar-refractivity contribution in [2.24, 2.45) is 11.8 Å². The lowest BCUT2D eigenvalue weighted by atomic mass is 9.67. The number of rotatable bonds is 6. The number of hydrogen-bond acceptors (Lipinski definition) is 5. The first kappa shape index (κ1) is 19.3. The van der Waals surface area contributed by atoms with Crippen LogP contribution >= 0.6 is 0 Å². The van der Waals surface area contributed by atoms with E-state index in [9.17, 15) is 5.11 Å². The molecule has 5 nitrogen and oxygen atoms in total. The number of fused-ring (bicyclic) bond motifs is 1. The molecule has 2 heterocycles. The summed E-state index contributed by atoms with van der Waals surface area (Å²) in [5.74, 6) is 2.47. The van der Waals surface area contributed by atoms with Gasteiger partial charge in [-0.05, 0) is 37.7 Å². The molecule has 1 aromatic heterocycles. The number of methoxy groups -OCH3 is 1. The third kappa shape index (κ3) is 3.65. The Kier molecular flexibility index (Phi) is 5.65. The number of likely N-dealkylation sites (tertiary alicyclic amines) is 1. The van der Waals surface area contributed by atoms with Crippen LogP contribution in [-0.4, -0.2) is 40.2 Å². The van der Waals surface area contributed by atoms with Gasteiger partial charge < -0.3 is 9.84 Å². The molecule has 0 radical (unpaired) electrons. The van der Waals surface area contributed by atoms with Gasteiger partial charge in [-0.1, -0.05) is 25.1 Å². The average Bonchev–Trinajstić information content (AvgIpc) is 3.14. The van der Waals surface area contributed by atoms with E-state index >= 15 is 0 Å². The van der Waals surface area contributed by atoms with E-state index in [0.29, 0.717) is 5.92 Å². The van der Waals surface area contributed by atoms with E-state index in [0.717, 1.165) is 68.0 Å². The predicted molar refractivity (Wildman–Crippen MR) is 109 cm³/mol. The largest absolute Gasteiger partial charge is 0.496 e. The van der Waals surface area contributed by atoms with Gasteiger partial charge >= 0.3 is 0 Å². The van der Waals surface area contributed by atoms with Crippen molar-refractivity contribution in [3.63, 3.8) is 0 Å². The minimum atomic E-state index is -0.814. The summed E-state index contributed by atoms with van der Waals surface area (Å²) >= 11 is 0. The van der Waals surface area contributed by atoms with Gasteiger partial charge in [-0.25, -0.2) is 9.97 Å². The minimum absolute atomic E-state index is 0.234. The monoisotopic (exact) mass is 381 g/mol. The maximum atomic E-state index is 11.8. The first-order valence-electron chi connectivity index (χ1n) is 10.5. The van der Waals surface area contributed by atoms with Crippen molar-refractivity contribution in [3.8, 4) is 5.75 Å². The van der Waals surface area contributed by atoms with E-state index in [-0.39, 0.29) is 5.92 Å². The Balaban J connectivity index is 1.51. The lowest BCUT2D eigenvalue weighted by Crippen LogP contribution is -2.43. The Labute approximate surface area is 167 Å². The van der Waals surface area contributed by atoms with E-state index in [4.69, 9.17) is 4.74 Å². The molecule has 1 saturated carbocycles. The van der Waals surface area contributed by atoms with Gasteiger partial charge in [0.2, 0.25) is 0 Å². The topological polar surface area (TPSA) is 58.5 Å². The maximum absolute atomic E-state index is 11.8. The number of hydrogen-bond donors (Lipinski definition) is 1. The SMILES string of the molecule is CCCc1ncc(CN2C[C@@H]3CCC[C@@](O)(c4ccccc4OC)[C@H]3C2)cn1. The molecule has 3 atom stereocenters. The zero-order valence-electron chi connectivity index (χ0n) is 17.0. The molecule has 0 spiro atoms.